The summed E-state index contributed by atoms with van der Waals surface area (Å²) in [5, 5.41) is 3.37. The minimum Gasteiger partial charge on any atom is -0.366 e. The Morgan fingerprint density at radius 1 is 1.41 bits per heavy atom. The molecule has 2 saturated heterocycles. The van der Waals surface area contributed by atoms with Gasteiger partial charge in [0.1, 0.15) is 6.61 Å². The molecule has 0 bridgehead atoms. The Morgan fingerprint density at radius 3 is 2.76 bits per heavy atom. The van der Waals surface area contributed by atoms with Gasteiger partial charge in [0.2, 0.25) is 5.91 Å². The number of nitrogens with zero attached hydrogens (tertiary/aromatic N) is 1. The number of fused-ring (bicyclic) bond motifs is 1. The van der Waals surface area contributed by atoms with Gasteiger partial charge < -0.3 is 15.0 Å². The second-order valence-corrected chi connectivity index (χ2v) is 6.27. The number of amides is 1. The van der Waals surface area contributed by atoms with Gasteiger partial charge >= 0.3 is 0 Å². The van der Waals surface area contributed by atoms with Crippen molar-refractivity contribution in [3.8, 4) is 0 Å². The summed E-state index contributed by atoms with van der Waals surface area (Å²) >= 11 is 0. The molecule has 0 aromatic rings. The highest BCUT2D eigenvalue weighted by Gasteiger charge is 2.43. The zero-order valence-electron chi connectivity index (χ0n) is 11.3. The highest BCUT2D eigenvalue weighted by molar-refractivity contribution is 5.78. The van der Waals surface area contributed by atoms with Crippen LogP contribution in [0.1, 0.15) is 34.1 Å². The fourth-order valence-electron chi connectivity index (χ4n) is 2.95. The van der Waals surface area contributed by atoms with Gasteiger partial charge in [-0.3, -0.25) is 4.79 Å². The minimum absolute atomic E-state index is 0.142. The van der Waals surface area contributed by atoms with Gasteiger partial charge in [0.25, 0.3) is 0 Å². The summed E-state index contributed by atoms with van der Waals surface area (Å²) < 4.78 is 5.59. The quantitative estimate of drug-likeness (QED) is 0.783. The molecule has 1 N–H and O–H groups in total. The third kappa shape index (κ3) is 2.80. The fraction of sp³-hybridized carbons (Fsp3) is 0.923. The summed E-state index contributed by atoms with van der Waals surface area (Å²) in [6.45, 7) is 10.3. The maximum atomic E-state index is 12.2. The van der Waals surface area contributed by atoms with Crippen molar-refractivity contribution in [1.82, 2.24) is 10.2 Å². The van der Waals surface area contributed by atoms with Crippen LogP contribution in [-0.2, 0) is 9.53 Å². The molecule has 4 nitrogen and oxygen atoms in total. The molecule has 0 aromatic heterocycles. The molecule has 0 radical (unpaired) electrons. The molecular formula is C13H24N2O2. The highest BCUT2D eigenvalue weighted by atomic mass is 16.5. The molecule has 98 valence electrons. The number of hydrogen-bond acceptors (Lipinski definition) is 3. The van der Waals surface area contributed by atoms with Crippen molar-refractivity contribution < 1.29 is 9.53 Å². The van der Waals surface area contributed by atoms with Gasteiger partial charge in [0.15, 0.2) is 0 Å². The first kappa shape index (κ1) is 12.8. The van der Waals surface area contributed by atoms with Crippen LogP contribution in [0.4, 0.5) is 0 Å². The predicted molar refractivity (Wildman–Crippen MR) is 66.8 cm³/mol. The number of carbonyl (C=O) groups is 1. The van der Waals surface area contributed by atoms with E-state index in [2.05, 4.69) is 12.2 Å². The Balaban J connectivity index is 1.94. The maximum Gasteiger partial charge on any atom is 0.249 e. The first-order valence-electron chi connectivity index (χ1n) is 6.54. The van der Waals surface area contributed by atoms with Crippen LogP contribution in [0.5, 0.6) is 0 Å². The lowest BCUT2D eigenvalue weighted by Gasteiger charge is -2.29. The first-order valence-corrected chi connectivity index (χ1v) is 6.54. The molecule has 1 amide bonds. The molecule has 2 aliphatic rings. The van der Waals surface area contributed by atoms with E-state index < -0.39 is 0 Å². The predicted octanol–water partition coefficient (Wildman–Crippen LogP) is 1.01. The van der Waals surface area contributed by atoms with Crippen LogP contribution >= 0.6 is 0 Å². The first-order chi connectivity index (χ1) is 7.88. The zero-order chi connectivity index (χ0) is 12.6. The average molecular weight is 240 g/mol. The molecular weight excluding hydrogens is 216 g/mol. The van der Waals surface area contributed by atoms with E-state index in [4.69, 9.17) is 4.74 Å². The average Bonchev–Trinajstić information content (AvgIpc) is 2.72. The van der Waals surface area contributed by atoms with E-state index in [1.807, 2.05) is 25.7 Å². The van der Waals surface area contributed by atoms with Crippen LogP contribution in [0.2, 0.25) is 0 Å². The SMILES string of the molecule is CC1CC2CNCC2N1C(=O)COC(C)(C)C. The fourth-order valence-corrected chi connectivity index (χ4v) is 2.95. The Bertz CT molecular complexity index is 298. The zero-order valence-corrected chi connectivity index (χ0v) is 11.3. The third-order valence-corrected chi connectivity index (χ3v) is 3.70. The van der Waals surface area contributed by atoms with Crippen molar-refractivity contribution in [3.05, 3.63) is 0 Å². The summed E-state index contributed by atoms with van der Waals surface area (Å²) in [5.41, 5.74) is -0.244. The van der Waals surface area contributed by atoms with Crippen LogP contribution in [0.3, 0.4) is 0 Å². The third-order valence-electron chi connectivity index (χ3n) is 3.70. The summed E-state index contributed by atoms with van der Waals surface area (Å²) in [6.07, 6.45) is 1.12. The smallest absolute Gasteiger partial charge is 0.249 e. The molecule has 2 aliphatic heterocycles. The number of carbonyl (C=O) groups excluding carboxylic acids is 1. The molecule has 4 heteroatoms. The topological polar surface area (TPSA) is 41.6 Å². The molecule has 3 unspecified atom stereocenters. The second kappa shape index (κ2) is 4.58. The monoisotopic (exact) mass is 240 g/mol. The van der Waals surface area contributed by atoms with Crippen LogP contribution in [0, 0.1) is 5.92 Å². The summed E-state index contributed by atoms with van der Waals surface area (Å²) in [4.78, 5) is 14.3. The van der Waals surface area contributed by atoms with E-state index in [1.165, 1.54) is 0 Å². The van der Waals surface area contributed by atoms with E-state index in [0.717, 1.165) is 19.5 Å². The molecule has 0 saturated carbocycles. The van der Waals surface area contributed by atoms with Crippen molar-refractivity contribution in [1.29, 1.82) is 0 Å². The van der Waals surface area contributed by atoms with Gasteiger partial charge in [-0.1, -0.05) is 0 Å². The van der Waals surface area contributed by atoms with E-state index in [9.17, 15) is 4.79 Å². The highest BCUT2D eigenvalue weighted by Crippen LogP contribution is 2.32. The lowest BCUT2D eigenvalue weighted by molar-refractivity contribution is -0.143. The molecule has 2 fully saturated rings. The number of likely N-dealkylation sites (tertiary alicyclic amines) is 1. The van der Waals surface area contributed by atoms with E-state index in [-0.39, 0.29) is 18.1 Å². The molecule has 0 aliphatic carbocycles. The van der Waals surface area contributed by atoms with Crippen LogP contribution < -0.4 is 5.32 Å². The second-order valence-electron chi connectivity index (χ2n) is 6.27. The summed E-state index contributed by atoms with van der Waals surface area (Å²) in [5.74, 6) is 0.784. The number of hydrogen-bond donors (Lipinski definition) is 1. The van der Waals surface area contributed by atoms with Crippen LogP contribution in [0.25, 0.3) is 0 Å². The Labute approximate surface area is 104 Å². The van der Waals surface area contributed by atoms with E-state index >= 15 is 0 Å². The van der Waals surface area contributed by atoms with Gasteiger partial charge in [-0.05, 0) is 40.0 Å². The van der Waals surface area contributed by atoms with E-state index in [0.29, 0.717) is 18.0 Å². The van der Waals surface area contributed by atoms with Crippen molar-refractivity contribution in [2.24, 2.45) is 5.92 Å². The Hall–Kier alpha value is -0.610. The van der Waals surface area contributed by atoms with Gasteiger partial charge in [0.05, 0.1) is 5.60 Å². The standard InChI is InChI=1S/C13H24N2O2/c1-9-5-10-6-14-7-11(10)15(9)12(16)8-17-13(2,3)4/h9-11,14H,5-8H2,1-4H3. The lowest BCUT2D eigenvalue weighted by Crippen LogP contribution is -2.45. The van der Waals surface area contributed by atoms with Crippen LogP contribution in [0.15, 0.2) is 0 Å². The number of nitrogens with one attached hydrogen (secondary N) is 1. The van der Waals surface area contributed by atoms with Gasteiger partial charge in [-0.15, -0.1) is 0 Å². The molecule has 2 heterocycles. The van der Waals surface area contributed by atoms with Crippen molar-refractivity contribution in [2.75, 3.05) is 19.7 Å². The molecule has 2 rings (SSSR count). The van der Waals surface area contributed by atoms with Crippen molar-refractivity contribution >= 4 is 5.91 Å². The molecule has 0 spiro atoms. The summed E-state index contributed by atoms with van der Waals surface area (Å²) in [6, 6.07) is 0.754. The number of rotatable bonds is 2. The largest absolute Gasteiger partial charge is 0.366 e. The molecule has 3 atom stereocenters. The van der Waals surface area contributed by atoms with Crippen LogP contribution in [-0.4, -0.2) is 48.2 Å². The minimum atomic E-state index is -0.244. The van der Waals surface area contributed by atoms with Gasteiger partial charge in [-0.2, -0.15) is 0 Å². The van der Waals surface area contributed by atoms with Crippen molar-refractivity contribution in [2.45, 2.75) is 51.8 Å². The molecule has 0 aromatic carbocycles. The normalized spacial score (nSPS) is 32.9. The summed E-state index contributed by atoms with van der Waals surface area (Å²) in [7, 11) is 0. The van der Waals surface area contributed by atoms with Crippen molar-refractivity contribution in [3.63, 3.8) is 0 Å². The Kier molecular flexibility index (Phi) is 3.46. The van der Waals surface area contributed by atoms with Gasteiger partial charge in [0, 0.05) is 25.2 Å². The Morgan fingerprint density at radius 2 is 2.12 bits per heavy atom. The van der Waals surface area contributed by atoms with E-state index in [1.54, 1.807) is 0 Å². The van der Waals surface area contributed by atoms with Gasteiger partial charge in [-0.25, -0.2) is 0 Å². The number of ether oxygens (including phenoxy) is 1. The maximum absolute atomic E-state index is 12.2. The lowest BCUT2D eigenvalue weighted by atomic mass is 10.0. The molecule has 17 heavy (non-hydrogen) atoms.